The standard InChI is InChI=1S/C21H20F3NO4S/c1-12-25-20(11-30-12,14-5-7-15(8-6-14)21(22,23)24)19(26)13-9-16(27-2)18(29-4)17(10-13)28-3/h5-10H,11H2,1-4H3. The fourth-order valence-electron chi connectivity index (χ4n) is 3.32. The number of benzene rings is 2. The van der Waals surface area contributed by atoms with E-state index >= 15 is 0 Å². The molecule has 9 heteroatoms. The summed E-state index contributed by atoms with van der Waals surface area (Å²) in [5.41, 5.74) is -1.49. The number of ketones is 1. The minimum absolute atomic E-state index is 0.253. The number of carbonyl (C=O) groups excluding carboxylic acids is 1. The molecule has 2 aromatic rings. The lowest BCUT2D eigenvalue weighted by atomic mass is 9.84. The van der Waals surface area contributed by atoms with E-state index in [4.69, 9.17) is 14.2 Å². The lowest BCUT2D eigenvalue weighted by Crippen LogP contribution is -2.35. The van der Waals surface area contributed by atoms with Crippen molar-refractivity contribution in [2.45, 2.75) is 18.6 Å². The van der Waals surface area contributed by atoms with E-state index in [0.717, 1.165) is 12.1 Å². The summed E-state index contributed by atoms with van der Waals surface area (Å²) in [6, 6.07) is 7.58. The van der Waals surface area contributed by atoms with Gasteiger partial charge in [-0.25, -0.2) is 0 Å². The van der Waals surface area contributed by atoms with Crippen LogP contribution in [0.25, 0.3) is 0 Å². The highest BCUT2D eigenvalue weighted by atomic mass is 32.2. The number of aliphatic imine (C=N–C) groups is 1. The van der Waals surface area contributed by atoms with Gasteiger partial charge in [0.05, 0.1) is 31.9 Å². The Morgan fingerprint density at radius 3 is 2.00 bits per heavy atom. The van der Waals surface area contributed by atoms with E-state index in [2.05, 4.69) is 4.99 Å². The van der Waals surface area contributed by atoms with E-state index < -0.39 is 17.3 Å². The Morgan fingerprint density at radius 1 is 1.03 bits per heavy atom. The van der Waals surface area contributed by atoms with E-state index in [9.17, 15) is 18.0 Å². The Labute approximate surface area is 176 Å². The topological polar surface area (TPSA) is 57.1 Å². The summed E-state index contributed by atoms with van der Waals surface area (Å²) >= 11 is 1.38. The molecule has 0 saturated heterocycles. The van der Waals surface area contributed by atoms with Gasteiger partial charge in [0, 0.05) is 11.3 Å². The van der Waals surface area contributed by atoms with Gasteiger partial charge in [-0.2, -0.15) is 13.2 Å². The first-order chi connectivity index (χ1) is 14.2. The predicted molar refractivity (Wildman–Crippen MR) is 109 cm³/mol. The molecule has 1 aliphatic rings. The molecule has 0 bridgehead atoms. The van der Waals surface area contributed by atoms with Gasteiger partial charge in [-0.15, -0.1) is 11.8 Å². The van der Waals surface area contributed by atoms with Gasteiger partial charge < -0.3 is 14.2 Å². The van der Waals surface area contributed by atoms with Crippen molar-refractivity contribution >= 4 is 22.6 Å². The number of halogens is 3. The zero-order valence-electron chi connectivity index (χ0n) is 16.8. The van der Waals surface area contributed by atoms with Gasteiger partial charge in [-0.1, -0.05) is 12.1 Å². The van der Waals surface area contributed by atoms with Crippen molar-refractivity contribution in [2.24, 2.45) is 4.99 Å². The molecule has 0 aliphatic carbocycles. The molecule has 5 nitrogen and oxygen atoms in total. The molecule has 0 fully saturated rings. The van der Waals surface area contributed by atoms with E-state index in [1.807, 2.05) is 0 Å². The Morgan fingerprint density at radius 2 is 1.60 bits per heavy atom. The maximum Gasteiger partial charge on any atom is 0.416 e. The van der Waals surface area contributed by atoms with Crippen LogP contribution in [0.1, 0.15) is 28.4 Å². The van der Waals surface area contributed by atoms with Crippen molar-refractivity contribution in [2.75, 3.05) is 27.1 Å². The third-order valence-electron chi connectivity index (χ3n) is 4.83. The highest BCUT2D eigenvalue weighted by molar-refractivity contribution is 8.14. The number of carbonyl (C=O) groups is 1. The lowest BCUT2D eigenvalue weighted by molar-refractivity contribution is -0.137. The molecule has 0 aromatic heterocycles. The van der Waals surface area contributed by atoms with E-state index in [-0.39, 0.29) is 17.1 Å². The van der Waals surface area contributed by atoms with Crippen LogP contribution in [0, 0.1) is 0 Å². The maximum atomic E-state index is 13.6. The van der Waals surface area contributed by atoms with Gasteiger partial charge in [0.15, 0.2) is 22.8 Å². The SMILES string of the molecule is COc1cc(C(=O)C2(c3ccc(C(F)(F)F)cc3)CSC(C)=N2)cc(OC)c1OC. The first-order valence-electron chi connectivity index (χ1n) is 8.88. The highest BCUT2D eigenvalue weighted by Gasteiger charge is 2.45. The molecule has 1 atom stereocenters. The highest BCUT2D eigenvalue weighted by Crippen LogP contribution is 2.44. The molecule has 0 amide bonds. The molecule has 1 aliphatic heterocycles. The molecule has 1 heterocycles. The lowest BCUT2D eigenvalue weighted by Gasteiger charge is -2.26. The zero-order valence-corrected chi connectivity index (χ0v) is 17.6. The van der Waals surface area contributed by atoms with Gasteiger partial charge >= 0.3 is 6.18 Å². The average molecular weight is 439 g/mol. The number of thioether (sulfide) groups is 1. The number of rotatable bonds is 6. The van der Waals surface area contributed by atoms with Gasteiger partial charge in [0.1, 0.15) is 0 Å². The van der Waals surface area contributed by atoms with Crippen LogP contribution in [0.3, 0.4) is 0 Å². The van der Waals surface area contributed by atoms with Crippen molar-refractivity contribution in [3.8, 4) is 17.2 Å². The molecule has 0 N–H and O–H groups in total. The Balaban J connectivity index is 2.13. The summed E-state index contributed by atoms with van der Waals surface area (Å²) in [5.74, 6) is 0.842. The first kappa shape index (κ1) is 22.0. The largest absolute Gasteiger partial charge is 0.493 e. The molecule has 1 unspecified atom stereocenters. The van der Waals surface area contributed by atoms with Gasteiger partial charge in [-0.3, -0.25) is 9.79 Å². The number of Topliss-reactive ketones (excluding diaryl/α,β-unsaturated/α-hetero) is 1. The van der Waals surface area contributed by atoms with Gasteiger partial charge in [0.25, 0.3) is 0 Å². The number of alkyl halides is 3. The van der Waals surface area contributed by atoms with E-state index in [1.165, 1.54) is 57.4 Å². The van der Waals surface area contributed by atoms with Crippen molar-refractivity contribution in [3.05, 3.63) is 53.1 Å². The normalized spacial score (nSPS) is 18.7. The maximum absolute atomic E-state index is 13.6. The monoisotopic (exact) mass is 439 g/mol. The summed E-state index contributed by atoms with van der Waals surface area (Å²) < 4.78 is 54.9. The van der Waals surface area contributed by atoms with Crippen LogP contribution in [0.15, 0.2) is 41.4 Å². The van der Waals surface area contributed by atoms with Gasteiger partial charge in [0.2, 0.25) is 5.75 Å². The molecule has 0 radical (unpaired) electrons. The quantitative estimate of drug-likeness (QED) is 0.595. The number of methoxy groups -OCH3 is 3. The number of hydrogen-bond acceptors (Lipinski definition) is 6. The summed E-state index contributed by atoms with van der Waals surface area (Å²) in [7, 11) is 4.32. The molecule has 0 spiro atoms. The number of hydrogen-bond donors (Lipinski definition) is 0. The fourth-order valence-corrected chi connectivity index (χ4v) is 4.32. The van der Waals surface area contributed by atoms with Crippen LogP contribution in [-0.2, 0) is 11.7 Å². The summed E-state index contributed by atoms with van der Waals surface area (Å²) in [6.45, 7) is 1.76. The second-order valence-electron chi connectivity index (χ2n) is 6.60. The number of ether oxygens (including phenoxy) is 3. The molecule has 160 valence electrons. The molecule has 2 aromatic carbocycles. The third-order valence-corrected chi connectivity index (χ3v) is 5.90. The first-order valence-corrected chi connectivity index (χ1v) is 9.86. The second kappa shape index (κ2) is 8.22. The predicted octanol–water partition coefficient (Wildman–Crippen LogP) is 4.97. The summed E-state index contributed by atoms with van der Waals surface area (Å²) in [4.78, 5) is 18.2. The Bertz CT molecular complexity index is 964. The molecular weight excluding hydrogens is 419 g/mol. The van der Waals surface area contributed by atoms with Crippen LogP contribution in [0.2, 0.25) is 0 Å². The Hall–Kier alpha value is -2.68. The van der Waals surface area contributed by atoms with Crippen molar-refractivity contribution in [3.63, 3.8) is 0 Å². The minimum atomic E-state index is -4.46. The van der Waals surface area contributed by atoms with Crippen molar-refractivity contribution < 1.29 is 32.2 Å². The van der Waals surface area contributed by atoms with E-state index in [0.29, 0.717) is 27.9 Å². The second-order valence-corrected chi connectivity index (χ2v) is 7.77. The summed E-state index contributed by atoms with van der Waals surface area (Å²) in [5, 5.41) is 0.677. The molecule has 3 rings (SSSR count). The molecule has 0 saturated carbocycles. The smallest absolute Gasteiger partial charge is 0.416 e. The molecular formula is C21H20F3NO4S. The van der Waals surface area contributed by atoms with Crippen molar-refractivity contribution in [1.29, 1.82) is 0 Å². The van der Waals surface area contributed by atoms with Crippen LogP contribution in [0.5, 0.6) is 17.2 Å². The van der Waals surface area contributed by atoms with Crippen LogP contribution in [-0.4, -0.2) is 37.9 Å². The fraction of sp³-hybridized carbons (Fsp3) is 0.333. The zero-order chi connectivity index (χ0) is 22.1. The average Bonchev–Trinajstić information content (AvgIpc) is 3.14. The van der Waals surface area contributed by atoms with Crippen molar-refractivity contribution in [1.82, 2.24) is 0 Å². The van der Waals surface area contributed by atoms with Crippen LogP contribution < -0.4 is 14.2 Å². The minimum Gasteiger partial charge on any atom is -0.493 e. The Kier molecular flexibility index (Phi) is 6.03. The summed E-state index contributed by atoms with van der Waals surface area (Å²) in [6.07, 6.45) is -4.46. The van der Waals surface area contributed by atoms with Gasteiger partial charge in [-0.05, 0) is 36.8 Å². The molecule has 30 heavy (non-hydrogen) atoms. The third kappa shape index (κ3) is 3.86. The van der Waals surface area contributed by atoms with E-state index in [1.54, 1.807) is 6.92 Å². The number of nitrogens with zero attached hydrogens (tertiary/aromatic N) is 1. The van der Waals surface area contributed by atoms with Crippen LogP contribution in [0.4, 0.5) is 13.2 Å². The van der Waals surface area contributed by atoms with Crippen LogP contribution >= 0.6 is 11.8 Å².